The molecule has 0 aliphatic carbocycles. The maximum atomic E-state index is 6.31. The molecule has 0 N–H and O–H groups in total. The van der Waals surface area contributed by atoms with Crippen LogP contribution in [-0.4, -0.2) is 63.4 Å². The number of nitrogens with zero attached hydrogens (tertiary/aromatic N) is 3. The summed E-state index contributed by atoms with van der Waals surface area (Å²) in [4.78, 5) is 0. The largest absolute Gasteiger partial charge is 0.530 e. The Kier molecular flexibility index (Phi) is 7.59. The molecule has 34 heavy (non-hydrogen) atoms. The van der Waals surface area contributed by atoms with E-state index in [1.165, 1.54) is 0 Å². The van der Waals surface area contributed by atoms with Crippen molar-refractivity contribution in [2.45, 2.75) is 0 Å². The summed E-state index contributed by atoms with van der Waals surface area (Å²) in [5, 5.41) is 0. The van der Waals surface area contributed by atoms with E-state index in [1.54, 1.807) is 0 Å². The van der Waals surface area contributed by atoms with Crippen molar-refractivity contribution in [3.05, 3.63) is 72.8 Å². The van der Waals surface area contributed by atoms with Gasteiger partial charge in [0, 0.05) is 18.2 Å². The van der Waals surface area contributed by atoms with Crippen LogP contribution in [0.25, 0.3) is 0 Å². The Hall–Kier alpha value is -2.63. The predicted octanol–water partition coefficient (Wildman–Crippen LogP) is 6.04. The summed E-state index contributed by atoms with van der Waals surface area (Å²) in [5.74, 6) is 2.13. The SMILES string of the molecule is C[N+](C)(C)c1cccc(OP(Oc2cccc([N+](C)(C)C)c2)Oc2cccc([N+](C)(C)C)c2)c1. The first kappa shape index (κ1) is 26.0. The summed E-state index contributed by atoms with van der Waals surface area (Å²) in [6, 6.07) is 24.2. The monoisotopic (exact) mass is 484 g/mol. The van der Waals surface area contributed by atoms with Crippen LogP contribution >= 0.6 is 8.60 Å². The zero-order valence-electron chi connectivity index (χ0n) is 21.9. The summed E-state index contributed by atoms with van der Waals surface area (Å²) in [7, 11) is 17.4. The molecule has 0 spiro atoms. The van der Waals surface area contributed by atoms with E-state index in [9.17, 15) is 0 Å². The molecule has 7 heteroatoms. The Morgan fingerprint density at radius 3 is 0.941 bits per heavy atom. The molecule has 3 aromatic carbocycles. The molecule has 0 aliphatic heterocycles. The third-order valence-corrected chi connectivity index (χ3v) is 6.40. The van der Waals surface area contributed by atoms with Crippen molar-refractivity contribution in [3.8, 4) is 17.2 Å². The molecule has 0 heterocycles. The Labute approximate surface area is 206 Å². The van der Waals surface area contributed by atoms with Crippen molar-refractivity contribution in [3.63, 3.8) is 0 Å². The molecular weight excluding hydrogens is 445 g/mol. The van der Waals surface area contributed by atoms with Gasteiger partial charge in [0.25, 0.3) is 0 Å². The lowest BCUT2D eigenvalue weighted by Crippen LogP contribution is -2.34. The van der Waals surface area contributed by atoms with E-state index in [0.29, 0.717) is 30.7 Å². The first-order valence-corrected chi connectivity index (χ1v) is 12.4. The summed E-state index contributed by atoms with van der Waals surface area (Å²) in [5.41, 5.74) is 3.39. The van der Waals surface area contributed by atoms with Crippen LogP contribution in [-0.2, 0) is 0 Å². The fourth-order valence-electron chi connectivity index (χ4n) is 3.19. The molecule has 0 saturated carbocycles. The van der Waals surface area contributed by atoms with Crippen LogP contribution in [0, 0.1) is 0 Å². The summed E-state index contributed by atoms with van der Waals surface area (Å²) < 4.78 is 21.0. The van der Waals surface area contributed by atoms with Gasteiger partial charge >= 0.3 is 8.60 Å². The van der Waals surface area contributed by atoms with Gasteiger partial charge in [0.2, 0.25) is 0 Å². The molecule has 0 saturated heterocycles. The van der Waals surface area contributed by atoms with Gasteiger partial charge in [0.15, 0.2) is 0 Å². The average molecular weight is 485 g/mol. The zero-order chi connectivity index (χ0) is 25.1. The number of hydrogen-bond donors (Lipinski definition) is 0. The summed E-state index contributed by atoms with van der Waals surface area (Å²) >= 11 is 0. The molecule has 0 radical (unpaired) electrons. The van der Waals surface area contributed by atoms with Crippen LogP contribution in [0.1, 0.15) is 0 Å². The van der Waals surface area contributed by atoms with Gasteiger partial charge in [-0.25, -0.2) is 0 Å². The van der Waals surface area contributed by atoms with Gasteiger partial charge in [0.1, 0.15) is 34.3 Å². The molecule has 182 valence electrons. The molecular formula is C27H39N3O3P+3. The number of rotatable bonds is 9. The van der Waals surface area contributed by atoms with Gasteiger partial charge in [-0.3, -0.25) is 13.4 Å². The third kappa shape index (κ3) is 7.18. The maximum absolute atomic E-state index is 6.31. The van der Waals surface area contributed by atoms with Crippen LogP contribution in [0.5, 0.6) is 17.2 Å². The molecule has 0 unspecified atom stereocenters. The van der Waals surface area contributed by atoms with E-state index in [-0.39, 0.29) is 0 Å². The zero-order valence-corrected chi connectivity index (χ0v) is 22.8. The molecule has 6 nitrogen and oxygen atoms in total. The third-order valence-electron chi connectivity index (χ3n) is 5.32. The fourth-order valence-corrected chi connectivity index (χ4v) is 4.16. The Bertz CT molecular complexity index is 973. The molecule has 0 aliphatic rings. The van der Waals surface area contributed by atoms with Gasteiger partial charge in [-0.15, -0.1) is 0 Å². The minimum Gasteiger partial charge on any atom is -0.408 e. The first-order chi connectivity index (χ1) is 15.7. The van der Waals surface area contributed by atoms with E-state index in [4.69, 9.17) is 13.6 Å². The van der Waals surface area contributed by atoms with Gasteiger partial charge < -0.3 is 13.6 Å². The smallest absolute Gasteiger partial charge is 0.408 e. The molecule has 0 fully saturated rings. The highest BCUT2D eigenvalue weighted by Gasteiger charge is 2.24. The molecule has 0 bridgehead atoms. The van der Waals surface area contributed by atoms with Crippen LogP contribution in [0.4, 0.5) is 17.1 Å². The van der Waals surface area contributed by atoms with Crippen molar-refractivity contribution in [2.24, 2.45) is 0 Å². The van der Waals surface area contributed by atoms with Gasteiger partial charge in [-0.05, 0) is 36.4 Å². The van der Waals surface area contributed by atoms with E-state index in [1.807, 2.05) is 54.6 Å². The lowest BCUT2D eigenvalue weighted by atomic mass is 10.2. The Balaban J connectivity index is 1.92. The van der Waals surface area contributed by atoms with Crippen molar-refractivity contribution >= 4 is 25.7 Å². The average Bonchev–Trinajstić information content (AvgIpc) is 2.72. The maximum Gasteiger partial charge on any atom is 0.530 e. The van der Waals surface area contributed by atoms with Crippen molar-refractivity contribution in [1.29, 1.82) is 0 Å². The summed E-state index contributed by atoms with van der Waals surface area (Å²) in [6.45, 7) is 0. The second-order valence-corrected chi connectivity index (χ2v) is 12.0. The van der Waals surface area contributed by atoms with E-state index in [0.717, 1.165) is 17.1 Å². The molecule has 3 rings (SSSR count). The van der Waals surface area contributed by atoms with Crippen LogP contribution in [0.3, 0.4) is 0 Å². The van der Waals surface area contributed by atoms with E-state index < -0.39 is 8.60 Å². The van der Waals surface area contributed by atoms with Crippen LogP contribution in [0.15, 0.2) is 72.8 Å². The lowest BCUT2D eigenvalue weighted by Gasteiger charge is -2.26. The van der Waals surface area contributed by atoms with Crippen LogP contribution < -0.4 is 27.0 Å². The number of quaternary nitrogens is 3. The van der Waals surface area contributed by atoms with Crippen molar-refractivity contribution in [1.82, 2.24) is 13.4 Å². The van der Waals surface area contributed by atoms with E-state index >= 15 is 0 Å². The number of hydrogen-bond acceptors (Lipinski definition) is 3. The highest BCUT2D eigenvalue weighted by molar-refractivity contribution is 7.43. The van der Waals surface area contributed by atoms with Gasteiger partial charge in [-0.2, -0.15) is 0 Å². The minimum absolute atomic E-state index is 0.688. The van der Waals surface area contributed by atoms with Crippen LogP contribution in [0.2, 0.25) is 0 Å². The molecule has 0 aromatic heterocycles. The van der Waals surface area contributed by atoms with Crippen molar-refractivity contribution in [2.75, 3.05) is 63.4 Å². The summed E-state index contributed by atoms with van der Waals surface area (Å²) in [6.07, 6.45) is 0. The highest BCUT2D eigenvalue weighted by Crippen LogP contribution is 2.44. The molecule has 0 amide bonds. The topological polar surface area (TPSA) is 27.7 Å². The first-order valence-electron chi connectivity index (χ1n) is 11.3. The Morgan fingerprint density at radius 1 is 0.441 bits per heavy atom. The standard InChI is InChI=1S/C27H39N3O3P/c1-28(2,3)22-13-10-16-25(19-22)31-34(32-26-17-11-14-23(20-26)29(4,5)6)33-27-18-12-15-24(21-27)30(7,8)9/h10-21H,1-9H3/q+3. The highest BCUT2D eigenvalue weighted by atomic mass is 31.2. The molecule has 3 aromatic rings. The van der Waals surface area contributed by atoms with E-state index in [2.05, 4.69) is 81.6 Å². The second kappa shape index (κ2) is 9.93. The van der Waals surface area contributed by atoms with Crippen molar-refractivity contribution < 1.29 is 13.6 Å². The minimum atomic E-state index is -1.76. The lowest BCUT2D eigenvalue weighted by molar-refractivity contribution is 0.385. The molecule has 0 atom stereocenters. The van der Waals surface area contributed by atoms with Gasteiger partial charge in [-0.1, -0.05) is 18.2 Å². The quantitative estimate of drug-likeness (QED) is 0.274. The van der Waals surface area contributed by atoms with Gasteiger partial charge in [0.05, 0.1) is 63.4 Å². The second-order valence-electron chi connectivity index (χ2n) is 11.0. The normalized spacial score (nSPS) is 12.5. The number of benzene rings is 3. The predicted molar refractivity (Wildman–Crippen MR) is 147 cm³/mol. The fraction of sp³-hybridized carbons (Fsp3) is 0.333. The Morgan fingerprint density at radius 2 is 0.706 bits per heavy atom.